The number of rotatable bonds is 2. The Morgan fingerprint density at radius 3 is 2.53 bits per heavy atom. The number of anilines is 1. The maximum atomic E-state index is 9.31. The van der Waals surface area contributed by atoms with E-state index in [2.05, 4.69) is 6.58 Å². The number of aliphatic hydroxyl groups is 2. The molecule has 1 atom stereocenters. The summed E-state index contributed by atoms with van der Waals surface area (Å²) in [6.45, 7) is 5.72. The van der Waals surface area contributed by atoms with E-state index < -0.39 is 5.79 Å². The van der Waals surface area contributed by atoms with Crippen LogP contribution in [0.2, 0.25) is 0 Å². The van der Waals surface area contributed by atoms with Crippen LogP contribution >= 0.6 is 0 Å². The average molecular weight is 205 g/mol. The molecule has 0 bridgehead atoms. The Kier molecular flexibility index (Phi) is 2.10. The van der Waals surface area contributed by atoms with E-state index >= 15 is 0 Å². The number of hydrogen-bond acceptors (Lipinski definition) is 3. The first-order chi connectivity index (χ1) is 6.92. The highest BCUT2D eigenvalue weighted by Gasteiger charge is 2.52. The van der Waals surface area contributed by atoms with Crippen molar-refractivity contribution in [3.63, 3.8) is 0 Å². The van der Waals surface area contributed by atoms with Crippen molar-refractivity contribution >= 4 is 11.3 Å². The maximum Gasteiger partial charge on any atom is 0.170 e. The summed E-state index contributed by atoms with van der Waals surface area (Å²) in [6.07, 6.45) is 0.388. The summed E-state index contributed by atoms with van der Waals surface area (Å²) in [5.41, 5.74) is 9.20. The van der Waals surface area contributed by atoms with Crippen LogP contribution in [0.4, 0.5) is 5.69 Å². The van der Waals surface area contributed by atoms with Crippen LogP contribution in [0.5, 0.6) is 0 Å². The van der Waals surface area contributed by atoms with Crippen LogP contribution in [-0.4, -0.2) is 16.0 Å². The molecule has 4 N–H and O–H groups in total. The number of allylic oxidation sites excluding steroid dienone is 1. The Morgan fingerprint density at radius 2 is 2.13 bits per heavy atom. The lowest BCUT2D eigenvalue weighted by molar-refractivity contribution is -0.0733. The van der Waals surface area contributed by atoms with Crippen LogP contribution < -0.4 is 5.73 Å². The molecular weight excluding hydrogens is 190 g/mol. The molecule has 0 aliphatic heterocycles. The standard InChI is InChI=1S/C12H15NO2/c1-7(2)9-4-3-8(5-11(9)13)10-6-12(10,14)15/h3-5,10,14-15H,1,6,13H2,2H3/t10-/m1/s1. The topological polar surface area (TPSA) is 66.5 Å². The van der Waals surface area contributed by atoms with Gasteiger partial charge in [-0.2, -0.15) is 0 Å². The second kappa shape index (κ2) is 3.08. The monoisotopic (exact) mass is 205 g/mol. The molecule has 15 heavy (non-hydrogen) atoms. The zero-order valence-corrected chi connectivity index (χ0v) is 8.70. The molecule has 1 aromatic rings. The largest absolute Gasteiger partial charge is 0.398 e. The van der Waals surface area contributed by atoms with Crippen LogP contribution in [0.25, 0.3) is 5.57 Å². The number of nitrogen functional groups attached to an aromatic ring is 1. The zero-order chi connectivity index (χ0) is 11.2. The fourth-order valence-electron chi connectivity index (χ4n) is 1.81. The van der Waals surface area contributed by atoms with Crippen LogP contribution in [0, 0.1) is 0 Å². The Bertz CT molecular complexity index is 424. The van der Waals surface area contributed by atoms with E-state index in [0.717, 1.165) is 16.7 Å². The first-order valence-electron chi connectivity index (χ1n) is 4.92. The third-order valence-electron chi connectivity index (χ3n) is 2.84. The van der Waals surface area contributed by atoms with E-state index in [0.29, 0.717) is 12.1 Å². The van der Waals surface area contributed by atoms with Crippen molar-refractivity contribution in [1.29, 1.82) is 0 Å². The van der Waals surface area contributed by atoms with Gasteiger partial charge in [0.15, 0.2) is 5.79 Å². The molecule has 0 amide bonds. The summed E-state index contributed by atoms with van der Waals surface area (Å²) in [6, 6.07) is 5.55. The zero-order valence-electron chi connectivity index (χ0n) is 8.70. The van der Waals surface area contributed by atoms with Crippen LogP contribution in [0.1, 0.15) is 30.4 Å². The third kappa shape index (κ3) is 1.76. The van der Waals surface area contributed by atoms with E-state index in [1.54, 1.807) is 6.07 Å². The average Bonchev–Trinajstić information content (AvgIpc) is 2.74. The Balaban J connectivity index is 2.31. The van der Waals surface area contributed by atoms with Crippen molar-refractivity contribution in [3.8, 4) is 0 Å². The third-order valence-corrected chi connectivity index (χ3v) is 2.84. The predicted molar refractivity (Wildman–Crippen MR) is 60.1 cm³/mol. The Labute approximate surface area is 88.9 Å². The Hall–Kier alpha value is -1.32. The Morgan fingerprint density at radius 1 is 1.53 bits per heavy atom. The van der Waals surface area contributed by atoms with E-state index in [1.165, 1.54) is 0 Å². The van der Waals surface area contributed by atoms with Gasteiger partial charge in [0, 0.05) is 18.0 Å². The van der Waals surface area contributed by atoms with Crippen molar-refractivity contribution in [1.82, 2.24) is 0 Å². The van der Waals surface area contributed by atoms with Crippen molar-refractivity contribution < 1.29 is 10.2 Å². The van der Waals surface area contributed by atoms with E-state index in [1.807, 2.05) is 19.1 Å². The van der Waals surface area contributed by atoms with Gasteiger partial charge < -0.3 is 15.9 Å². The minimum Gasteiger partial charge on any atom is -0.398 e. The summed E-state index contributed by atoms with van der Waals surface area (Å²) in [5, 5.41) is 18.6. The molecule has 0 radical (unpaired) electrons. The van der Waals surface area contributed by atoms with Gasteiger partial charge in [-0.1, -0.05) is 18.7 Å². The molecule has 3 heteroatoms. The second-order valence-electron chi connectivity index (χ2n) is 4.26. The van der Waals surface area contributed by atoms with Crippen molar-refractivity contribution in [2.24, 2.45) is 0 Å². The molecule has 3 nitrogen and oxygen atoms in total. The van der Waals surface area contributed by atoms with Crippen LogP contribution in [0.3, 0.4) is 0 Å². The van der Waals surface area contributed by atoms with Crippen LogP contribution in [0.15, 0.2) is 24.8 Å². The molecule has 0 unspecified atom stereocenters. The number of nitrogens with two attached hydrogens (primary N) is 1. The molecule has 0 aromatic heterocycles. The minimum atomic E-state index is -1.53. The quantitative estimate of drug-likeness (QED) is 0.506. The normalized spacial score (nSPS) is 22.5. The highest BCUT2D eigenvalue weighted by molar-refractivity contribution is 5.73. The lowest BCUT2D eigenvalue weighted by atomic mass is 10.0. The van der Waals surface area contributed by atoms with E-state index in [9.17, 15) is 10.2 Å². The van der Waals surface area contributed by atoms with E-state index in [4.69, 9.17) is 5.73 Å². The summed E-state index contributed by atoms with van der Waals surface area (Å²) in [5.74, 6) is -1.73. The molecule has 1 fully saturated rings. The number of benzene rings is 1. The lowest BCUT2D eigenvalue weighted by Gasteiger charge is -2.08. The minimum absolute atomic E-state index is 0.195. The summed E-state index contributed by atoms with van der Waals surface area (Å²) in [4.78, 5) is 0. The summed E-state index contributed by atoms with van der Waals surface area (Å²) < 4.78 is 0. The molecule has 1 aliphatic rings. The predicted octanol–water partition coefficient (Wildman–Crippen LogP) is 1.47. The molecule has 1 saturated carbocycles. The van der Waals surface area contributed by atoms with Gasteiger partial charge in [-0.3, -0.25) is 0 Å². The van der Waals surface area contributed by atoms with Crippen molar-refractivity contribution in [2.45, 2.75) is 25.0 Å². The van der Waals surface area contributed by atoms with E-state index in [-0.39, 0.29) is 5.92 Å². The fourth-order valence-corrected chi connectivity index (χ4v) is 1.81. The van der Waals surface area contributed by atoms with Gasteiger partial charge in [0.2, 0.25) is 0 Å². The summed E-state index contributed by atoms with van der Waals surface area (Å²) >= 11 is 0. The second-order valence-corrected chi connectivity index (χ2v) is 4.26. The SMILES string of the molecule is C=C(C)c1ccc([C@H]2CC2(O)O)cc1N. The number of hydrogen-bond donors (Lipinski definition) is 3. The molecule has 0 spiro atoms. The van der Waals surface area contributed by atoms with Gasteiger partial charge in [-0.25, -0.2) is 0 Å². The lowest BCUT2D eigenvalue weighted by Crippen LogP contribution is -2.07. The first kappa shape index (κ1) is 10.2. The molecule has 2 rings (SSSR count). The smallest absolute Gasteiger partial charge is 0.170 e. The first-order valence-corrected chi connectivity index (χ1v) is 4.92. The van der Waals surface area contributed by atoms with Gasteiger partial charge in [-0.05, 0) is 29.7 Å². The molecule has 0 heterocycles. The van der Waals surface area contributed by atoms with Gasteiger partial charge in [-0.15, -0.1) is 0 Å². The molecular formula is C12H15NO2. The van der Waals surface area contributed by atoms with Gasteiger partial charge in [0.05, 0.1) is 0 Å². The molecule has 1 aliphatic carbocycles. The van der Waals surface area contributed by atoms with Crippen molar-refractivity contribution in [2.75, 3.05) is 5.73 Å². The molecule has 80 valence electrons. The van der Waals surface area contributed by atoms with Gasteiger partial charge in [0.25, 0.3) is 0 Å². The van der Waals surface area contributed by atoms with Gasteiger partial charge >= 0.3 is 0 Å². The molecule has 0 saturated heterocycles. The van der Waals surface area contributed by atoms with Gasteiger partial charge in [0.1, 0.15) is 0 Å². The fraction of sp³-hybridized carbons (Fsp3) is 0.333. The van der Waals surface area contributed by atoms with Crippen LogP contribution in [-0.2, 0) is 0 Å². The highest BCUT2D eigenvalue weighted by atomic mass is 16.5. The molecule has 1 aromatic carbocycles. The summed E-state index contributed by atoms with van der Waals surface area (Å²) in [7, 11) is 0. The van der Waals surface area contributed by atoms with Crippen molar-refractivity contribution in [3.05, 3.63) is 35.9 Å². The highest BCUT2D eigenvalue weighted by Crippen LogP contribution is 2.49. The maximum absolute atomic E-state index is 9.31.